The Bertz CT molecular complexity index is 697. The summed E-state index contributed by atoms with van der Waals surface area (Å²) in [4.78, 5) is 0. The van der Waals surface area contributed by atoms with Crippen LogP contribution in [0.25, 0.3) is 0 Å². The third-order valence-electron chi connectivity index (χ3n) is 4.74. The van der Waals surface area contributed by atoms with Crippen molar-refractivity contribution in [2.75, 3.05) is 0 Å². The average molecular weight is 314 g/mol. The molecule has 0 spiro atoms. The quantitative estimate of drug-likeness (QED) is 0.506. The molecule has 0 N–H and O–H groups in total. The molecule has 3 rings (SSSR count). The Balaban J connectivity index is 2.19. The molecule has 0 fully saturated rings. The average Bonchev–Trinajstić information content (AvgIpc) is 2.61. The lowest BCUT2D eigenvalue weighted by Crippen LogP contribution is -2.26. The van der Waals surface area contributed by atoms with Gasteiger partial charge in [0.1, 0.15) is 0 Å². The van der Waals surface area contributed by atoms with E-state index in [-0.39, 0.29) is 5.41 Å². The fourth-order valence-electron chi connectivity index (χ4n) is 3.75. The molecular weight excluding hydrogens is 288 g/mol. The van der Waals surface area contributed by atoms with Crippen LogP contribution in [0.3, 0.4) is 0 Å². The molecule has 0 aliphatic carbocycles. The molecule has 1 atom stereocenters. The van der Waals surface area contributed by atoms with Gasteiger partial charge in [-0.15, -0.1) is 0 Å². The predicted octanol–water partition coefficient (Wildman–Crippen LogP) is 6.65. The van der Waals surface area contributed by atoms with Crippen LogP contribution in [0.2, 0.25) is 0 Å². The van der Waals surface area contributed by atoms with E-state index in [0.717, 1.165) is 0 Å². The van der Waals surface area contributed by atoms with Crippen molar-refractivity contribution in [2.45, 2.75) is 32.6 Å². The van der Waals surface area contributed by atoms with E-state index < -0.39 is 0 Å². The first-order valence-electron chi connectivity index (χ1n) is 8.72. The van der Waals surface area contributed by atoms with Crippen molar-refractivity contribution >= 4 is 0 Å². The highest BCUT2D eigenvalue weighted by Crippen LogP contribution is 2.48. The van der Waals surface area contributed by atoms with Crippen LogP contribution < -0.4 is 0 Å². The summed E-state index contributed by atoms with van der Waals surface area (Å²) in [5.41, 5.74) is 4.32. The molecular formula is C24H26. The van der Waals surface area contributed by atoms with Gasteiger partial charge in [0.15, 0.2) is 0 Å². The summed E-state index contributed by atoms with van der Waals surface area (Å²) in [6, 6.07) is 32.8. The highest BCUT2D eigenvalue weighted by atomic mass is 14.4. The summed E-state index contributed by atoms with van der Waals surface area (Å²) < 4.78 is 0. The first kappa shape index (κ1) is 16.5. The molecule has 0 amide bonds. The second-order valence-electron chi connectivity index (χ2n) is 7.55. The Morgan fingerprint density at radius 2 is 0.833 bits per heavy atom. The van der Waals surface area contributed by atoms with Crippen molar-refractivity contribution in [1.82, 2.24) is 0 Å². The van der Waals surface area contributed by atoms with E-state index in [0.29, 0.717) is 11.8 Å². The fraction of sp³-hybridized carbons (Fsp3) is 0.250. The van der Waals surface area contributed by atoms with E-state index >= 15 is 0 Å². The first-order chi connectivity index (χ1) is 11.6. The van der Waals surface area contributed by atoms with Crippen molar-refractivity contribution in [3.63, 3.8) is 0 Å². The highest BCUT2D eigenvalue weighted by molar-refractivity contribution is 5.39. The van der Waals surface area contributed by atoms with E-state index in [4.69, 9.17) is 0 Å². The topological polar surface area (TPSA) is 0 Å². The monoisotopic (exact) mass is 314 g/mol. The van der Waals surface area contributed by atoms with Crippen LogP contribution in [0.15, 0.2) is 91.0 Å². The zero-order valence-electron chi connectivity index (χ0n) is 14.8. The summed E-state index contributed by atoms with van der Waals surface area (Å²) in [5, 5.41) is 0. The number of benzene rings is 3. The minimum absolute atomic E-state index is 0.150. The van der Waals surface area contributed by atoms with Crippen LogP contribution in [0.5, 0.6) is 0 Å². The first-order valence-corrected chi connectivity index (χ1v) is 8.72. The second-order valence-corrected chi connectivity index (χ2v) is 7.55. The molecule has 0 bridgehead atoms. The van der Waals surface area contributed by atoms with Gasteiger partial charge in [0.25, 0.3) is 0 Å². The normalized spacial score (nSPS) is 13.0. The van der Waals surface area contributed by atoms with Crippen LogP contribution >= 0.6 is 0 Å². The molecule has 0 nitrogen and oxygen atoms in total. The molecule has 0 radical (unpaired) electrons. The summed E-state index contributed by atoms with van der Waals surface area (Å²) in [7, 11) is 0. The van der Waals surface area contributed by atoms with Crippen LogP contribution in [-0.2, 0) is 0 Å². The molecule has 1 unspecified atom stereocenters. The molecule has 3 aromatic rings. The van der Waals surface area contributed by atoms with Crippen molar-refractivity contribution in [2.24, 2.45) is 5.41 Å². The van der Waals surface area contributed by atoms with Gasteiger partial charge in [0.05, 0.1) is 0 Å². The molecule has 0 saturated heterocycles. The lowest BCUT2D eigenvalue weighted by molar-refractivity contribution is 0.296. The van der Waals surface area contributed by atoms with Gasteiger partial charge < -0.3 is 0 Å². The van der Waals surface area contributed by atoms with Gasteiger partial charge in [-0.25, -0.2) is 0 Å². The van der Waals surface area contributed by atoms with Gasteiger partial charge in [0, 0.05) is 5.92 Å². The standard InChI is InChI=1S/C24H26/c1-24(2,3)23(21-17-11-6-12-18-21)22(19-13-7-4-8-14-19)20-15-9-5-10-16-20/h4-18,22-23H,1-3H3. The van der Waals surface area contributed by atoms with Gasteiger partial charge in [-0.1, -0.05) is 112 Å². The smallest absolute Gasteiger partial charge is 0.0163 e. The third-order valence-corrected chi connectivity index (χ3v) is 4.74. The van der Waals surface area contributed by atoms with Crippen molar-refractivity contribution in [3.8, 4) is 0 Å². The third kappa shape index (κ3) is 3.59. The molecule has 24 heavy (non-hydrogen) atoms. The SMILES string of the molecule is CC(C)(C)C(c1ccccc1)C(c1ccccc1)c1ccccc1. The molecule has 122 valence electrons. The maximum atomic E-state index is 2.35. The van der Waals surface area contributed by atoms with E-state index in [1.807, 2.05) is 0 Å². The fourth-order valence-corrected chi connectivity index (χ4v) is 3.75. The number of hydrogen-bond acceptors (Lipinski definition) is 0. The number of rotatable bonds is 4. The predicted molar refractivity (Wildman–Crippen MR) is 103 cm³/mol. The molecule has 0 heteroatoms. The number of hydrogen-bond donors (Lipinski definition) is 0. The largest absolute Gasteiger partial charge is 0.0622 e. The van der Waals surface area contributed by atoms with Crippen molar-refractivity contribution in [1.29, 1.82) is 0 Å². The maximum absolute atomic E-state index is 2.35. The lowest BCUT2D eigenvalue weighted by Gasteiger charge is -2.38. The van der Waals surface area contributed by atoms with Crippen LogP contribution in [0, 0.1) is 5.41 Å². The Hall–Kier alpha value is -2.34. The van der Waals surface area contributed by atoms with Gasteiger partial charge in [0.2, 0.25) is 0 Å². The zero-order valence-corrected chi connectivity index (χ0v) is 14.8. The molecule has 0 saturated carbocycles. The molecule has 0 aliphatic heterocycles. The second kappa shape index (κ2) is 7.05. The maximum Gasteiger partial charge on any atom is 0.0163 e. The van der Waals surface area contributed by atoms with Crippen LogP contribution in [0.4, 0.5) is 0 Å². The minimum atomic E-state index is 0.150. The van der Waals surface area contributed by atoms with E-state index in [9.17, 15) is 0 Å². The molecule has 0 heterocycles. The van der Waals surface area contributed by atoms with Gasteiger partial charge >= 0.3 is 0 Å². The van der Waals surface area contributed by atoms with E-state index in [1.165, 1.54) is 16.7 Å². The zero-order chi connectivity index (χ0) is 17.0. The van der Waals surface area contributed by atoms with Gasteiger partial charge in [-0.3, -0.25) is 0 Å². The summed E-state index contributed by atoms with van der Waals surface area (Å²) in [6.07, 6.45) is 0. The van der Waals surface area contributed by atoms with E-state index in [1.54, 1.807) is 0 Å². The summed E-state index contributed by atoms with van der Waals surface area (Å²) in [6.45, 7) is 7.05. The minimum Gasteiger partial charge on any atom is -0.0622 e. The Morgan fingerprint density at radius 1 is 0.500 bits per heavy atom. The Kier molecular flexibility index (Phi) is 4.85. The van der Waals surface area contributed by atoms with Gasteiger partial charge in [-0.2, -0.15) is 0 Å². The Labute approximate surface area is 146 Å². The Morgan fingerprint density at radius 3 is 1.17 bits per heavy atom. The van der Waals surface area contributed by atoms with Gasteiger partial charge in [-0.05, 0) is 28.0 Å². The van der Waals surface area contributed by atoms with E-state index in [2.05, 4.69) is 112 Å². The molecule has 3 aromatic carbocycles. The molecule has 0 aliphatic rings. The van der Waals surface area contributed by atoms with Crippen molar-refractivity contribution < 1.29 is 0 Å². The van der Waals surface area contributed by atoms with Crippen LogP contribution in [-0.4, -0.2) is 0 Å². The lowest BCUT2D eigenvalue weighted by atomic mass is 9.65. The van der Waals surface area contributed by atoms with Crippen molar-refractivity contribution in [3.05, 3.63) is 108 Å². The van der Waals surface area contributed by atoms with Crippen LogP contribution in [0.1, 0.15) is 49.3 Å². The molecule has 0 aromatic heterocycles. The highest BCUT2D eigenvalue weighted by Gasteiger charge is 2.35. The summed E-state index contributed by atoms with van der Waals surface area (Å²) in [5.74, 6) is 0.748. The summed E-state index contributed by atoms with van der Waals surface area (Å²) >= 11 is 0.